The van der Waals surface area contributed by atoms with E-state index in [9.17, 15) is 4.79 Å². The Morgan fingerprint density at radius 3 is 2.71 bits per heavy atom. The van der Waals surface area contributed by atoms with Crippen molar-refractivity contribution < 1.29 is 4.79 Å². The maximum Gasteiger partial charge on any atom is 0.156 e. The van der Waals surface area contributed by atoms with Crippen LogP contribution in [0.15, 0.2) is 12.7 Å². The van der Waals surface area contributed by atoms with Crippen LogP contribution in [-0.2, 0) is 4.79 Å². The van der Waals surface area contributed by atoms with Gasteiger partial charge in [-0.05, 0) is 26.2 Å². The fraction of sp³-hybridized carbons (Fsp3) is 0.727. The molecule has 1 N–H and O–H groups in total. The van der Waals surface area contributed by atoms with Crippen molar-refractivity contribution in [3.05, 3.63) is 12.7 Å². The van der Waals surface area contributed by atoms with E-state index in [1.54, 1.807) is 6.08 Å². The van der Waals surface area contributed by atoms with Gasteiger partial charge in [0.15, 0.2) is 5.78 Å². The van der Waals surface area contributed by atoms with Crippen LogP contribution in [0.2, 0.25) is 0 Å². The van der Waals surface area contributed by atoms with Gasteiger partial charge in [-0.2, -0.15) is 0 Å². The van der Waals surface area contributed by atoms with E-state index in [2.05, 4.69) is 18.8 Å². The molecule has 1 heterocycles. The summed E-state index contributed by atoms with van der Waals surface area (Å²) in [4.78, 5) is 11.7. The molecule has 82 valence electrons. The third kappa shape index (κ3) is 3.43. The van der Waals surface area contributed by atoms with Crippen LogP contribution in [0.5, 0.6) is 0 Å². The minimum atomic E-state index is -0.0113. The van der Waals surface area contributed by atoms with E-state index in [0.717, 1.165) is 12.8 Å². The van der Waals surface area contributed by atoms with Gasteiger partial charge in [0, 0.05) is 12.0 Å². The second-order valence-corrected chi connectivity index (χ2v) is 3.98. The van der Waals surface area contributed by atoms with Crippen LogP contribution >= 0.6 is 12.4 Å². The molecular formula is C11H20ClNO. The SMILES string of the molecule is C=CC(C)C(=O)[C@@H]1CCCC(C)N1.Cl. The summed E-state index contributed by atoms with van der Waals surface area (Å²) in [5.41, 5.74) is 0. The molecule has 3 atom stereocenters. The predicted molar refractivity (Wildman–Crippen MR) is 61.9 cm³/mol. The maximum atomic E-state index is 11.7. The summed E-state index contributed by atoms with van der Waals surface area (Å²) in [6.07, 6.45) is 5.06. The Bertz CT molecular complexity index is 205. The Labute approximate surface area is 92.6 Å². The number of rotatable bonds is 3. The van der Waals surface area contributed by atoms with Gasteiger partial charge in [-0.3, -0.25) is 4.79 Å². The number of Topliss-reactive ketones (excluding diaryl/α,β-unsaturated/α-hetero) is 1. The molecule has 2 unspecified atom stereocenters. The Balaban J connectivity index is 0.00000169. The van der Waals surface area contributed by atoms with Crippen LogP contribution in [0, 0.1) is 5.92 Å². The molecule has 0 spiro atoms. The van der Waals surface area contributed by atoms with Crippen LogP contribution in [0.4, 0.5) is 0 Å². The monoisotopic (exact) mass is 217 g/mol. The molecule has 1 fully saturated rings. The molecule has 1 aliphatic heterocycles. The Hall–Kier alpha value is -0.340. The lowest BCUT2D eigenvalue weighted by Gasteiger charge is -2.28. The largest absolute Gasteiger partial charge is 0.305 e. The first-order valence-corrected chi connectivity index (χ1v) is 5.07. The van der Waals surface area contributed by atoms with E-state index in [-0.39, 0.29) is 24.4 Å². The molecule has 1 saturated heterocycles. The number of carbonyl (C=O) groups is 1. The predicted octanol–water partition coefficient (Wildman–Crippen LogP) is 2.33. The zero-order valence-corrected chi connectivity index (χ0v) is 9.77. The Morgan fingerprint density at radius 1 is 1.57 bits per heavy atom. The second-order valence-electron chi connectivity index (χ2n) is 3.98. The zero-order chi connectivity index (χ0) is 9.84. The quantitative estimate of drug-likeness (QED) is 0.736. The molecule has 1 rings (SSSR count). The first kappa shape index (κ1) is 13.7. The highest BCUT2D eigenvalue weighted by atomic mass is 35.5. The third-order valence-corrected chi connectivity index (χ3v) is 2.76. The Morgan fingerprint density at radius 2 is 2.21 bits per heavy atom. The first-order chi connectivity index (χ1) is 6.15. The van der Waals surface area contributed by atoms with Gasteiger partial charge in [0.2, 0.25) is 0 Å². The molecule has 3 heteroatoms. The number of ketones is 1. The van der Waals surface area contributed by atoms with Crippen molar-refractivity contribution in [2.24, 2.45) is 5.92 Å². The van der Waals surface area contributed by atoms with Gasteiger partial charge in [-0.25, -0.2) is 0 Å². The zero-order valence-electron chi connectivity index (χ0n) is 8.95. The lowest BCUT2D eigenvalue weighted by molar-refractivity contribution is -0.123. The van der Waals surface area contributed by atoms with E-state index < -0.39 is 0 Å². The molecule has 0 radical (unpaired) electrons. The second kappa shape index (κ2) is 6.20. The van der Waals surface area contributed by atoms with Crippen LogP contribution < -0.4 is 5.32 Å². The van der Waals surface area contributed by atoms with Crippen LogP contribution in [-0.4, -0.2) is 17.9 Å². The van der Waals surface area contributed by atoms with E-state index in [0.29, 0.717) is 11.8 Å². The molecule has 0 saturated carbocycles. The van der Waals surface area contributed by atoms with Gasteiger partial charge in [0.05, 0.1) is 6.04 Å². The molecule has 2 nitrogen and oxygen atoms in total. The van der Waals surface area contributed by atoms with Gasteiger partial charge in [-0.15, -0.1) is 19.0 Å². The molecular weight excluding hydrogens is 198 g/mol. The fourth-order valence-corrected chi connectivity index (χ4v) is 1.80. The van der Waals surface area contributed by atoms with Crippen LogP contribution in [0.1, 0.15) is 33.1 Å². The standard InChI is InChI=1S/C11H19NO.ClH/c1-4-8(2)11(13)10-7-5-6-9(3)12-10;/h4,8-10,12H,1,5-7H2,2-3H3;1H/t8?,9?,10-;/m0./s1. The van der Waals surface area contributed by atoms with Crippen molar-refractivity contribution >= 4 is 18.2 Å². The number of carbonyl (C=O) groups excluding carboxylic acids is 1. The highest BCUT2D eigenvalue weighted by Gasteiger charge is 2.25. The number of allylic oxidation sites excluding steroid dienone is 1. The Kier molecular flexibility index (Phi) is 6.05. The van der Waals surface area contributed by atoms with Crippen molar-refractivity contribution in [3.63, 3.8) is 0 Å². The summed E-state index contributed by atoms with van der Waals surface area (Å²) in [5, 5.41) is 3.33. The summed E-state index contributed by atoms with van der Waals surface area (Å²) in [6.45, 7) is 7.70. The molecule has 0 aromatic rings. The van der Waals surface area contributed by atoms with E-state index in [1.165, 1.54) is 6.42 Å². The topological polar surface area (TPSA) is 29.1 Å². The molecule has 0 aliphatic carbocycles. The van der Waals surface area contributed by atoms with Crippen LogP contribution in [0.25, 0.3) is 0 Å². The third-order valence-electron chi connectivity index (χ3n) is 2.76. The number of halogens is 1. The van der Waals surface area contributed by atoms with Crippen molar-refractivity contribution in [3.8, 4) is 0 Å². The number of nitrogens with one attached hydrogen (secondary N) is 1. The smallest absolute Gasteiger partial charge is 0.156 e. The lowest BCUT2D eigenvalue weighted by Crippen LogP contribution is -2.46. The molecule has 1 aliphatic rings. The summed E-state index contributed by atoms with van der Waals surface area (Å²) < 4.78 is 0. The molecule has 14 heavy (non-hydrogen) atoms. The van der Waals surface area contributed by atoms with Gasteiger partial charge in [-0.1, -0.05) is 13.0 Å². The van der Waals surface area contributed by atoms with E-state index in [1.807, 2.05) is 6.92 Å². The average molecular weight is 218 g/mol. The maximum absolute atomic E-state index is 11.7. The molecule has 0 aromatic carbocycles. The van der Waals surface area contributed by atoms with Gasteiger partial charge < -0.3 is 5.32 Å². The molecule has 0 bridgehead atoms. The molecule has 0 aromatic heterocycles. The number of hydrogen-bond donors (Lipinski definition) is 1. The minimum Gasteiger partial charge on any atom is -0.305 e. The normalized spacial score (nSPS) is 28.7. The highest BCUT2D eigenvalue weighted by molar-refractivity contribution is 5.87. The lowest BCUT2D eigenvalue weighted by atomic mass is 9.91. The van der Waals surface area contributed by atoms with Gasteiger partial charge >= 0.3 is 0 Å². The number of hydrogen-bond acceptors (Lipinski definition) is 2. The van der Waals surface area contributed by atoms with Crippen molar-refractivity contribution in [1.82, 2.24) is 5.32 Å². The number of piperidine rings is 1. The highest BCUT2D eigenvalue weighted by Crippen LogP contribution is 2.16. The van der Waals surface area contributed by atoms with Crippen molar-refractivity contribution in [1.29, 1.82) is 0 Å². The van der Waals surface area contributed by atoms with E-state index in [4.69, 9.17) is 0 Å². The molecule has 0 amide bonds. The minimum absolute atomic E-state index is 0. The summed E-state index contributed by atoms with van der Waals surface area (Å²) in [7, 11) is 0. The van der Waals surface area contributed by atoms with Gasteiger partial charge in [0.25, 0.3) is 0 Å². The van der Waals surface area contributed by atoms with Crippen LogP contribution in [0.3, 0.4) is 0 Å². The van der Waals surface area contributed by atoms with Crippen molar-refractivity contribution in [2.45, 2.75) is 45.2 Å². The van der Waals surface area contributed by atoms with Gasteiger partial charge in [0.1, 0.15) is 0 Å². The summed E-state index contributed by atoms with van der Waals surface area (Å²) in [6, 6.07) is 0.552. The summed E-state index contributed by atoms with van der Waals surface area (Å²) >= 11 is 0. The van der Waals surface area contributed by atoms with E-state index >= 15 is 0 Å². The van der Waals surface area contributed by atoms with Crippen molar-refractivity contribution in [2.75, 3.05) is 0 Å². The summed E-state index contributed by atoms with van der Waals surface area (Å²) in [5.74, 6) is 0.282. The fourth-order valence-electron chi connectivity index (χ4n) is 1.80. The first-order valence-electron chi connectivity index (χ1n) is 5.07. The average Bonchev–Trinajstić information content (AvgIpc) is 2.15.